The number of sulfonamides is 1. The van der Waals surface area contributed by atoms with Crippen LogP contribution in [0.3, 0.4) is 0 Å². The number of aliphatic carboxylic acids is 1. The third-order valence-corrected chi connectivity index (χ3v) is 6.50. The second-order valence-corrected chi connectivity index (χ2v) is 9.53. The number of nitrogens with one attached hydrogen (secondary N) is 1. The molecule has 0 aromatic heterocycles. The maximum atomic E-state index is 12.8. The van der Waals surface area contributed by atoms with Gasteiger partial charge in [0.05, 0.1) is 22.8 Å². The highest BCUT2D eigenvalue weighted by Gasteiger charge is 2.38. The molecule has 39 heavy (non-hydrogen) atoms. The Balaban J connectivity index is 0.000000673. The quantitative estimate of drug-likeness (QED) is 0.302. The Morgan fingerprint density at radius 1 is 0.949 bits per heavy atom. The second kappa shape index (κ2) is 13.5. The molecule has 0 aliphatic heterocycles. The number of carboxylic acids is 2. The van der Waals surface area contributed by atoms with Gasteiger partial charge in [0, 0.05) is 18.8 Å². The summed E-state index contributed by atoms with van der Waals surface area (Å²) in [5.74, 6) is -3.32. The Labute approximate surface area is 223 Å². The summed E-state index contributed by atoms with van der Waals surface area (Å²) in [5, 5.41) is 16.9. The molecule has 210 valence electrons. The number of carboxylic acid groups (broad SMARTS) is 2. The zero-order chi connectivity index (χ0) is 29.2. The molecule has 0 radical (unpaired) electrons. The van der Waals surface area contributed by atoms with Crippen molar-refractivity contribution < 1.29 is 46.1 Å². The van der Waals surface area contributed by atoms with E-state index in [0.29, 0.717) is 31.1 Å². The fourth-order valence-electron chi connectivity index (χ4n) is 3.31. The molecule has 0 saturated carbocycles. The predicted octanol–water partition coefficient (Wildman–Crippen LogP) is 5.24. The van der Waals surface area contributed by atoms with Crippen LogP contribution in [0.15, 0.2) is 77.7 Å². The van der Waals surface area contributed by atoms with Gasteiger partial charge in [0.1, 0.15) is 5.75 Å². The highest BCUT2D eigenvalue weighted by atomic mass is 32.2. The van der Waals surface area contributed by atoms with E-state index in [1.807, 2.05) is 49.1 Å². The van der Waals surface area contributed by atoms with E-state index in [1.165, 1.54) is 18.2 Å². The standard InChI is InChI=1S/C24H26N2O5S.C2HF3O2/c1-3-26(17-18-8-6-5-7-9-18)23-15-10-19(16-22(23)24(27)28)25-32(29,30)21-13-11-20(12-14-21)31-4-2;3-2(4,5)1(6)7/h5-16,25H,3-4,17H2,1-2H3,(H,27,28);(H,6,7). The molecule has 3 N–H and O–H groups in total. The molecule has 0 aliphatic rings. The van der Waals surface area contributed by atoms with Crippen molar-refractivity contribution >= 4 is 33.3 Å². The Bertz CT molecular complexity index is 1360. The topological polar surface area (TPSA) is 133 Å². The Morgan fingerprint density at radius 2 is 1.54 bits per heavy atom. The fourth-order valence-corrected chi connectivity index (χ4v) is 4.36. The van der Waals surface area contributed by atoms with Crippen molar-refractivity contribution in [2.75, 3.05) is 22.8 Å². The minimum Gasteiger partial charge on any atom is -0.494 e. The van der Waals surface area contributed by atoms with Gasteiger partial charge in [0.25, 0.3) is 10.0 Å². The average molecular weight is 569 g/mol. The molecular weight excluding hydrogens is 541 g/mol. The molecule has 0 fully saturated rings. The van der Waals surface area contributed by atoms with Crippen molar-refractivity contribution in [1.29, 1.82) is 0 Å². The number of hydrogen-bond donors (Lipinski definition) is 3. The normalized spacial score (nSPS) is 11.1. The monoisotopic (exact) mass is 568 g/mol. The SMILES string of the molecule is CCOc1ccc(S(=O)(=O)Nc2ccc(N(CC)Cc3ccccc3)c(C(=O)O)c2)cc1.O=C(O)C(F)(F)F. The number of rotatable bonds is 10. The van der Waals surface area contributed by atoms with Crippen LogP contribution in [0.2, 0.25) is 0 Å². The summed E-state index contributed by atoms with van der Waals surface area (Å²) in [6.45, 7) is 5.39. The third kappa shape index (κ3) is 9.21. The van der Waals surface area contributed by atoms with Crippen molar-refractivity contribution in [2.45, 2.75) is 31.5 Å². The van der Waals surface area contributed by atoms with E-state index in [2.05, 4.69) is 4.72 Å². The van der Waals surface area contributed by atoms with Crippen molar-refractivity contribution in [3.8, 4) is 5.75 Å². The van der Waals surface area contributed by atoms with Gasteiger partial charge < -0.3 is 19.8 Å². The van der Waals surface area contributed by atoms with E-state index >= 15 is 0 Å². The number of ether oxygens (including phenoxy) is 1. The lowest BCUT2D eigenvalue weighted by Crippen LogP contribution is -2.24. The van der Waals surface area contributed by atoms with E-state index in [0.717, 1.165) is 5.56 Å². The largest absolute Gasteiger partial charge is 0.494 e. The van der Waals surface area contributed by atoms with Gasteiger partial charge >= 0.3 is 18.1 Å². The van der Waals surface area contributed by atoms with Gasteiger partial charge in [0.2, 0.25) is 0 Å². The smallest absolute Gasteiger partial charge is 0.490 e. The lowest BCUT2D eigenvalue weighted by atomic mass is 10.1. The highest BCUT2D eigenvalue weighted by molar-refractivity contribution is 7.92. The van der Waals surface area contributed by atoms with Crippen LogP contribution in [0.1, 0.15) is 29.8 Å². The zero-order valence-electron chi connectivity index (χ0n) is 21.0. The molecule has 9 nitrogen and oxygen atoms in total. The van der Waals surface area contributed by atoms with Crippen LogP contribution in [0.4, 0.5) is 24.5 Å². The molecule has 0 saturated heterocycles. The van der Waals surface area contributed by atoms with Crippen LogP contribution in [0.5, 0.6) is 5.75 Å². The maximum absolute atomic E-state index is 12.8. The van der Waals surface area contributed by atoms with E-state index in [-0.39, 0.29) is 16.1 Å². The Morgan fingerprint density at radius 3 is 2.03 bits per heavy atom. The molecule has 0 bridgehead atoms. The molecule has 3 rings (SSSR count). The lowest BCUT2D eigenvalue weighted by Gasteiger charge is -2.25. The number of alkyl halides is 3. The first-order chi connectivity index (χ1) is 18.3. The fraction of sp³-hybridized carbons (Fsp3) is 0.231. The molecule has 0 atom stereocenters. The number of carbonyl (C=O) groups is 2. The first-order valence-electron chi connectivity index (χ1n) is 11.5. The van der Waals surface area contributed by atoms with Crippen LogP contribution in [-0.2, 0) is 21.4 Å². The molecular formula is C26H27F3N2O7S. The van der Waals surface area contributed by atoms with Crippen LogP contribution in [-0.4, -0.2) is 49.9 Å². The summed E-state index contributed by atoms with van der Waals surface area (Å²) in [7, 11) is -3.89. The van der Waals surface area contributed by atoms with Gasteiger partial charge in [-0.25, -0.2) is 18.0 Å². The number of aromatic carboxylic acids is 1. The number of nitrogens with zero attached hydrogens (tertiary/aromatic N) is 1. The first kappa shape index (κ1) is 31.0. The predicted molar refractivity (Wildman–Crippen MR) is 139 cm³/mol. The highest BCUT2D eigenvalue weighted by Crippen LogP contribution is 2.28. The minimum atomic E-state index is -5.08. The Hall–Kier alpha value is -4.26. The molecule has 0 amide bonds. The summed E-state index contributed by atoms with van der Waals surface area (Å²) in [6.07, 6.45) is -5.08. The summed E-state index contributed by atoms with van der Waals surface area (Å²) < 4.78 is 65.1. The zero-order valence-corrected chi connectivity index (χ0v) is 21.8. The van der Waals surface area contributed by atoms with Crippen molar-refractivity contribution in [3.63, 3.8) is 0 Å². The van der Waals surface area contributed by atoms with E-state index in [1.54, 1.807) is 24.3 Å². The van der Waals surface area contributed by atoms with E-state index < -0.39 is 28.1 Å². The number of anilines is 2. The summed E-state index contributed by atoms with van der Waals surface area (Å²) >= 11 is 0. The molecule has 0 unspecified atom stereocenters. The van der Waals surface area contributed by atoms with Gasteiger partial charge in [-0.05, 0) is 61.9 Å². The van der Waals surface area contributed by atoms with E-state index in [4.69, 9.17) is 14.6 Å². The molecule has 0 aliphatic carbocycles. The van der Waals surface area contributed by atoms with Gasteiger partial charge in [-0.3, -0.25) is 4.72 Å². The van der Waals surface area contributed by atoms with Gasteiger partial charge in [-0.2, -0.15) is 13.2 Å². The minimum absolute atomic E-state index is 0.0228. The van der Waals surface area contributed by atoms with Gasteiger partial charge in [-0.15, -0.1) is 0 Å². The van der Waals surface area contributed by atoms with Crippen LogP contribution in [0, 0.1) is 0 Å². The lowest BCUT2D eigenvalue weighted by molar-refractivity contribution is -0.192. The number of benzene rings is 3. The van der Waals surface area contributed by atoms with Crippen molar-refractivity contribution in [2.24, 2.45) is 0 Å². The number of halogens is 3. The third-order valence-electron chi connectivity index (χ3n) is 5.11. The molecule has 0 spiro atoms. The van der Waals surface area contributed by atoms with Gasteiger partial charge in [0.15, 0.2) is 0 Å². The van der Waals surface area contributed by atoms with Crippen LogP contribution in [0.25, 0.3) is 0 Å². The molecule has 3 aromatic rings. The van der Waals surface area contributed by atoms with Crippen molar-refractivity contribution in [1.82, 2.24) is 0 Å². The van der Waals surface area contributed by atoms with Crippen molar-refractivity contribution in [3.05, 3.63) is 83.9 Å². The average Bonchev–Trinajstić information content (AvgIpc) is 2.88. The Kier molecular flexibility index (Phi) is 10.7. The first-order valence-corrected chi connectivity index (χ1v) is 13.0. The summed E-state index contributed by atoms with van der Waals surface area (Å²) in [5.41, 5.74) is 1.77. The van der Waals surface area contributed by atoms with Crippen LogP contribution < -0.4 is 14.4 Å². The van der Waals surface area contributed by atoms with Crippen LogP contribution >= 0.6 is 0 Å². The molecule has 0 heterocycles. The summed E-state index contributed by atoms with van der Waals surface area (Å²) in [6, 6.07) is 20.3. The van der Waals surface area contributed by atoms with E-state index in [9.17, 15) is 31.5 Å². The molecule has 13 heteroatoms. The number of hydrogen-bond acceptors (Lipinski definition) is 6. The molecule has 3 aromatic carbocycles. The summed E-state index contributed by atoms with van der Waals surface area (Å²) in [4.78, 5) is 22.9. The van der Waals surface area contributed by atoms with Gasteiger partial charge in [-0.1, -0.05) is 30.3 Å². The second-order valence-electron chi connectivity index (χ2n) is 7.85. The maximum Gasteiger partial charge on any atom is 0.490 e.